The summed E-state index contributed by atoms with van der Waals surface area (Å²) in [5.41, 5.74) is 1.06. The molecule has 1 fully saturated rings. The molecule has 0 aromatic heterocycles. The van der Waals surface area contributed by atoms with Gasteiger partial charge >= 0.3 is 6.03 Å². The Bertz CT molecular complexity index is 693. The van der Waals surface area contributed by atoms with Crippen molar-refractivity contribution in [3.63, 3.8) is 0 Å². The van der Waals surface area contributed by atoms with Crippen LogP contribution in [0.3, 0.4) is 0 Å². The number of imide groups is 1. The number of benzene rings is 1. The van der Waals surface area contributed by atoms with Crippen LogP contribution < -0.4 is 20.3 Å². The van der Waals surface area contributed by atoms with E-state index in [2.05, 4.69) is 22.5 Å². The molecule has 8 nitrogen and oxygen atoms in total. The monoisotopic (exact) mass is 346 g/mol. The van der Waals surface area contributed by atoms with Crippen LogP contribution in [0.5, 0.6) is 5.75 Å². The van der Waals surface area contributed by atoms with Crippen LogP contribution in [-0.2, 0) is 9.59 Å². The number of urea groups is 1. The first-order valence-electron chi connectivity index (χ1n) is 8.34. The minimum atomic E-state index is -0.803. The summed E-state index contributed by atoms with van der Waals surface area (Å²) in [5.74, 6) is 0.128. The molecular formula is C17H22N4O4. The van der Waals surface area contributed by atoms with Crippen molar-refractivity contribution in [3.05, 3.63) is 24.3 Å². The van der Waals surface area contributed by atoms with Crippen molar-refractivity contribution in [3.8, 4) is 5.75 Å². The number of likely N-dealkylation sites (N-methyl/N-ethyl adjacent to an activating group) is 2. The third-order valence-corrected chi connectivity index (χ3v) is 4.45. The van der Waals surface area contributed by atoms with Gasteiger partial charge in [0.25, 0.3) is 5.91 Å². The number of amides is 4. The average molecular weight is 346 g/mol. The van der Waals surface area contributed by atoms with Crippen LogP contribution in [-0.4, -0.2) is 61.6 Å². The van der Waals surface area contributed by atoms with Gasteiger partial charge in [0.2, 0.25) is 5.91 Å². The highest BCUT2D eigenvalue weighted by Gasteiger charge is 2.33. The Morgan fingerprint density at radius 1 is 1.36 bits per heavy atom. The molecule has 8 heteroatoms. The lowest BCUT2D eigenvalue weighted by Crippen LogP contribution is -2.47. The van der Waals surface area contributed by atoms with Crippen LogP contribution in [0.15, 0.2) is 24.3 Å². The molecule has 3 rings (SSSR count). The van der Waals surface area contributed by atoms with Crippen molar-refractivity contribution in [2.24, 2.45) is 0 Å². The minimum Gasteiger partial charge on any atom is -0.485 e. The minimum absolute atomic E-state index is 0.0606. The first-order chi connectivity index (χ1) is 12.0. The van der Waals surface area contributed by atoms with Gasteiger partial charge in [0.15, 0.2) is 0 Å². The van der Waals surface area contributed by atoms with Crippen LogP contribution in [0.1, 0.15) is 13.3 Å². The lowest BCUT2D eigenvalue weighted by Gasteiger charge is -2.37. The number of carbonyl (C=O) groups is 3. The fourth-order valence-corrected chi connectivity index (χ4v) is 3.11. The fraction of sp³-hybridized carbons (Fsp3) is 0.471. The molecule has 2 aliphatic rings. The summed E-state index contributed by atoms with van der Waals surface area (Å²) in [4.78, 5) is 38.8. The molecule has 1 aromatic carbocycles. The summed E-state index contributed by atoms with van der Waals surface area (Å²) < 4.78 is 6.01. The zero-order valence-corrected chi connectivity index (χ0v) is 14.3. The van der Waals surface area contributed by atoms with Crippen LogP contribution in [0.2, 0.25) is 0 Å². The van der Waals surface area contributed by atoms with Gasteiger partial charge in [0.05, 0.1) is 25.2 Å². The third kappa shape index (κ3) is 3.67. The highest BCUT2D eigenvalue weighted by molar-refractivity contribution is 6.05. The van der Waals surface area contributed by atoms with E-state index in [0.29, 0.717) is 13.1 Å². The van der Waals surface area contributed by atoms with Crippen LogP contribution in [0.25, 0.3) is 0 Å². The number of rotatable bonds is 5. The lowest BCUT2D eigenvalue weighted by molar-refractivity contribution is -0.133. The molecule has 2 N–H and O–H groups in total. The van der Waals surface area contributed by atoms with Gasteiger partial charge in [-0.3, -0.25) is 14.9 Å². The van der Waals surface area contributed by atoms with Gasteiger partial charge < -0.3 is 19.9 Å². The van der Waals surface area contributed by atoms with E-state index >= 15 is 0 Å². The normalized spacial score (nSPS) is 21.9. The van der Waals surface area contributed by atoms with E-state index in [1.54, 1.807) is 11.9 Å². The van der Waals surface area contributed by atoms with Crippen molar-refractivity contribution in [1.29, 1.82) is 0 Å². The number of carbonyl (C=O) groups excluding carboxylic acids is 3. The number of ether oxygens (including phenoxy) is 1. The molecule has 2 atom stereocenters. The summed E-state index contributed by atoms with van der Waals surface area (Å²) in [6.45, 7) is 4.02. The van der Waals surface area contributed by atoms with Crippen molar-refractivity contribution in [1.82, 2.24) is 15.5 Å². The Balaban J connectivity index is 1.59. The summed E-state index contributed by atoms with van der Waals surface area (Å²) in [6, 6.07) is 6.47. The number of fused-ring (bicyclic) bond motifs is 1. The molecule has 0 saturated carbocycles. The van der Waals surface area contributed by atoms with E-state index in [9.17, 15) is 14.4 Å². The van der Waals surface area contributed by atoms with Crippen molar-refractivity contribution >= 4 is 23.5 Å². The SMILES string of the molecule is CCN1C[C@@H](CN(C)C(=O)C[C@@H]2NC(=O)NC2=O)Oc2ccccc21. The summed E-state index contributed by atoms with van der Waals surface area (Å²) in [6.07, 6.45) is -0.217. The highest BCUT2D eigenvalue weighted by atomic mass is 16.5. The Kier molecular flexibility index (Phi) is 4.78. The third-order valence-electron chi connectivity index (χ3n) is 4.45. The van der Waals surface area contributed by atoms with E-state index in [4.69, 9.17) is 4.74 Å². The first-order valence-corrected chi connectivity index (χ1v) is 8.34. The second-order valence-electron chi connectivity index (χ2n) is 6.24. The maximum absolute atomic E-state index is 12.3. The van der Waals surface area contributed by atoms with Gasteiger partial charge in [-0.1, -0.05) is 12.1 Å². The number of nitrogens with zero attached hydrogens (tertiary/aromatic N) is 2. The molecule has 2 aliphatic heterocycles. The van der Waals surface area contributed by atoms with E-state index in [0.717, 1.165) is 18.0 Å². The number of para-hydroxylation sites is 2. The maximum atomic E-state index is 12.3. The molecular weight excluding hydrogens is 324 g/mol. The fourth-order valence-electron chi connectivity index (χ4n) is 3.11. The van der Waals surface area contributed by atoms with Gasteiger partial charge in [-0.15, -0.1) is 0 Å². The zero-order valence-electron chi connectivity index (χ0n) is 14.3. The zero-order chi connectivity index (χ0) is 18.0. The topological polar surface area (TPSA) is 91.0 Å². The number of nitrogens with one attached hydrogen (secondary N) is 2. The molecule has 4 amide bonds. The summed E-state index contributed by atoms with van der Waals surface area (Å²) >= 11 is 0. The predicted octanol–water partition coefficient (Wildman–Crippen LogP) is 0.330. The van der Waals surface area contributed by atoms with E-state index in [1.807, 2.05) is 24.3 Å². The first kappa shape index (κ1) is 17.1. The summed E-state index contributed by atoms with van der Waals surface area (Å²) in [7, 11) is 1.68. The molecule has 0 bridgehead atoms. The Morgan fingerprint density at radius 2 is 2.12 bits per heavy atom. The molecule has 0 unspecified atom stereocenters. The van der Waals surface area contributed by atoms with Crippen LogP contribution in [0.4, 0.5) is 10.5 Å². The predicted molar refractivity (Wildman–Crippen MR) is 91.5 cm³/mol. The maximum Gasteiger partial charge on any atom is 0.322 e. The van der Waals surface area contributed by atoms with Crippen molar-refractivity contribution in [2.75, 3.05) is 31.6 Å². The van der Waals surface area contributed by atoms with Gasteiger partial charge in [-0.25, -0.2) is 4.79 Å². The van der Waals surface area contributed by atoms with Crippen LogP contribution in [0, 0.1) is 0 Å². The summed E-state index contributed by atoms with van der Waals surface area (Å²) in [5, 5.41) is 4.56. The van der Waals surface area contributed by atoms with Crippen molar-refractivity contribution < 1.29 is 19.1 Å². The highest BCUT2D eigenvalue weighted by Crippen LogP contribution is 2.32. The number of hydrogen-bond donors (Lipinski definition) is 2. The Hall–Kier alpha value is -2.77. The van der Waals surface area contributed by atoms with Crippen molar-refractivity contribution in [2.45, 2.75) is 25.5 Å². The van der Waals surface area contributed by atoms with Gasteiger partial charge in [0.1, 0.15) is 17.9 Å². The number of anilines is 1. The van der Waals surface area contributed by atoms with Gasteiger partial charge in [-0.05, 0) is 19.1 Å². The second kappa shape index (κ2) is 7.00. The quantitative estimate of drug-likeness (QED) is 0.750. The molecule has 2 heterocycles. The molecule has 25 heavy (non-hydrogen) atoms. The molecule has 0 spiro atoms. The molecule has 0 aliphatic carbocycles. The molecule has 1 aromatic rings. The molecule has 1 saturated heterocycles. The van der Waals surface area contributed by atoms with Gasteiger partial charge in [0, 0.05) is 13.6 Å². The smallest absolute Gasteiger partial charge is 0.322 e. The largest absolute Gasteiger partial charge is 0.485 e. The van der Waals surface area contributed by atoms with Gasteiger partial charge in [-0.2, -0.15) is 0 Å². The van der Waals surface area contributed by atoms with Crippen LogP contribution >= 0.6 is 0 Å². The lowest BCUT2D eigenvalue weighted by atomic mass is 10.1. The Labute approximate surface area is 146 Å². The number of hydrogen-bond acceptors (Lipinski definition) is 5. The Morgan fingerprint density at radius 3 is 2.80 bits per heavy atom. The second-order valence-corrected chi connectivity index (χ2v) is 6.24. The van der Waals surface area contributed by atoms with E-state index in [1.165, 1.54) is 0 Å². The van der Waals surface area contributed by atoms with E-state index < -0.39 is 18.0 Å². The molecule has 0 radical (unpaired) electrons. The molecule has 134 valence electrons. The average Bonchev–Trinajstić information content (AvgIpc) is 2.91. The van der Waals surface area contributed by atoms with E-state index in [-0.39, 0.29) is 18.4 Å². The standard InChI is InChI=1S/C17H22N4O4/c1-3-21-10-11(25-14-7-5-4-6-13(14)21)9-20(2)15(22)8-12-16(23)19-17(24)18-12/h4-7,11-12H,3,8-10H2,1-2H3,(H2,18,19,23,24)/t11-,12+/m1/s1.